The maximum atomic E-state index is 12.9. The lowest BCUT2D eigenvalue weighted by molar-refractivity contribution is -0.123. The van der Waals surface area contributed by atoms with E-state index in [2.05, 4.69) is 28.4 Å². The van der Waals surface area contributed by atoms with Crippen molar-refractivity contribution in [2.24, 2.45) is 5.92 Å². The van der Waals surface area contributed by atoms with Crippen LogP contribution in [0.15, 0.2) is 36.7 Å². The number of rotatable bonds is 7. The van der Waals surface area contributed by atoms with Gasteiger partial charge in [-0.25, -0.2) is 0 Å². The number of nitrogens with zero attached hydrogens (tertiary/aromatic N) is 3. The molecule has 1 N–H and O–H groups in total. The van der Waals surface area contributed by atoms with Crippen molar-refractivity contribution in [3.8, 4) is 0 Å². The quantitative estimate of drug-likeness (QED) is 0.772. The van der Waals surface area contributed by atoms with Crippen LogP contribution in [-0.2, 0) is 23.3 Å². The van der Waals surface area contributed by atoms with Crippen LogP contribution in [0.5, 0.6) is 0 Å². The number of halogens is 1. The van der Waals surface area contributed by atoms with Gasteiger partial charge in [0, 0.05) is 43.0 Å². The fourth-order valence-electron chi connectivity index (χ4n) is 4.33. The normalized spacial score (nSPS) is 21.4. The predicted molar refractivity (Wildman–Crippen MR) is 111 cm³/mol. The highest BCUT2D eigenvalue weighted by molar-refractivity contribution is 6.30. The van der Waals surface area contributed by atoms with Gasteiger partial charge in [-0.2, -0.15) is 5.10 Å². The molecule has 28 heavy (non-hydrogen) atoms. The highest BCUT2D eigenvalue weighted by Gasteiger charge is 2.51. The van der Waals surface area contributed by atoms with Crippen molar-refractivity contribution in [2.75, 3.05) is 19.6 Å². The Hall–Kier alpha value is -1.85. The number of likely N-dealkylation sites (tertiary alicyclic amines) is 1. The lowest BCUT2D eigenvalue weighted by Gasteiger charge is -2.32. The van der Waals surface area contributed by atoms with Crippen LogP contribution in [0.3, 0.4) is 0 Å². The molecule has 2 heterocycles. The van der Waals surface area contributed by atoms with E-state index in [1.54, 1.807) is 0 Å². The first-order chi connectivity index (χ1) is 13.6. The molecule has 1 saturated carbocycles. The van der Waals surface area contributed by atoms with Crippen LogP contribution in [-0.4, -0.2) is 40.2 Å². The molecular formula is C22H29ClN4O. The summed E-state index contributed by atoms with van der Waals surface area (Å²) in [4.78, 5) is 15.4. The van der Waals surface area contributed by atoms with Crippen molar-refractivity contribution in [3.63, 3.8) is 0 Å². The van der Waals surface area contributed by atoms with Crippen LogP contribution in [0.2, 0.25) is 5.02 Å². The van der Waals surface area contributed by atoms with E-state index >= 15 is 0 Å². The van der Waals surface area contributed by atoms with Crippen LogP contribution in [0.4, 0.5) is 0 Å². The second-order valence-corrected chi connectivity index (χ2v) is 8.68. The zero-order valence-corrected chi connectivity index (χ0v) is 17.3. The van der Waals surface area contributed by atoms with Gasteiger partial charge < -0.3 is 5.32 Å². The molecule has 0 unspecified atom stereocenters. The zero-order chi connectivity index (χ0) is 19.6. The Kier molecular flexibility index (Phi) is 5.74. The Balaban J connectivity index is 1.29. The molecule has 0 spiro atoms. The summed E-state index contributed by atoms with van der Waals surface area (Å²) in [5, 5.41) is 8.34. The lowest BCUT2D eigenvalue weighted by atomic mass is 9.93. The average molecular weight is 401 g/mol. The second-order valence-electron chi connectivity index (χ2n) is 8.25. The Morgan fingerprint density at radius 1 is 1.32 bits per heavy atom. The summed E-state index contributed by atoms with van der Waals surface area (Å²) in [5.41, 5.74) is 2.03. The van der Waals surface area contributed by atoms with Crippen molar-refractivity contribution in [1.29, 1.82) is 0 Å². The highest BCUT2D eigenvalue weighted by atomic mass is 35.5. The van der Waals surface area contributed by atoms with Gasteiger partial charge in [-0.05, 0) is 62.8 Å². The molecule has 5 nitrogen and oxygen atoms in total. The van der Waals surface area contributed by atoms with Crippen molar-refractivity contribution in [2.45, 2.75) is 51.1 Å². The molecule has 0 radical (unpaired) electrons. The van der Waals surface area contributed by atoms with E-state index in [1.165, 1.54) is 18.4 Å². The maximum absolute atomic E-state index is 12.9. The first-order valence-corrected chi connectivity index (χ1v) is 10.7. The first kappa shape index (κ1) is 19.5. The topological polar surface area (TPSA) is 50.2 Å². The molecule has 2 fully saturated rings. The summed E-state index contributed by atoms with van der Waals surface area (Å²) in [6.07, 6.45) is 8.33. The van der Waals surface area contributed by atoms with E-state index in [0.29, 0.717) is 10.9 Å². The van der Waals surface area contributed by atoms with Gasteiger partial charge in [0.15, 0.2) is 0 Å². The summed E-state index contributed by atoms with van der Waals surface area (Å²) < 4.78 is 1.98. The van der Waals surface area contributed by atoms with E-state index in [-0.39, 0.29) is 11.3 Å². The van der Waals surface area contributed by atoms with Crippen LogP contribution < -0.4 is 5.32 Å². The van der Waals surface area contributed by atoms with Crippen LogP contribution in [0.1, 0.15) is 43.7 Å². The molecule has 2 aliphatic rings. The summed E-state index contributed by atoms with van der Waals surface area (Å²) >= 11 is 6.00. The zero-order valence-electron chi connectivity index (χ0n) is 16.5. The number of carbonyl (C=O) groups excluding carboxylic acids is 1. The molecule has 150 valence electrons. The molecule has 1 aromatic heterocycles. The van der Waals surface area contributed by atoms with Gasteiger partial charge in [0.1, 0.15) is 0 Å². The van der Waals surface area contributed by atoms with Gasteiger partial charge in [-0.1, -0.05) is 23.7 Å². The van der Waals surface area contributed by atoms with E-state index in [4.69, 9.17) is 11.6 Å². The molecule has 1 amide bonds. The molecule has 6 heteroatoms. The van der Waals surface area contributed by atoms with Crippen LogP contribution in [0, 0.1) is 5.92 Å². The van der Waals surface area contributed by atoms with Crippen molar-refractivity contribution in [1.82, 2.24) is 20.0 Å². The van der Waals surface area contributed by atoms with Crippen LogP contribution >= 0.6 is 11.6 Å². The summed E-state index contributed by atoms with van der Waals surface area (Å²) in [5.74, 6) is 0.691. The molecule has 0 bridgehead atoms. The van der Waals surface area contributed by atoms with Crippen molar-refractivity contribution < 1.29 is 4.79 Å². The molecule has 1 aliphatic heterocycles. The van der Waals surface area contributed by atoms with Gasteiger partial charge in [-0.15, -0.1) is 0 Å². The minimum Gasteiger partial charge on any atom is -0.355 e. The summed E-state index contributed by atoms with van der Waals surface area (Å²) in [6.45, 7) is 6.87. The molecule has 2 aromatic rings. The van der Waals surface area contributed by atoms with Gasteiger partial charge in [-0.3, -0.25) is 14.4 Å². The van der Waals surface area contributed by atoms with Gasteiger partial charge in [0.2, 0.25) is 5.91 Å². The molecule has 1 aliphatic carbocycles. The minimum atomic E-state index is -0.326. The number of aromatic nitrogens is 2. The Morgan fingerprint density at radius 2 is 2.11 bits per heavy atom. The van der Waals surface area contributed by atoms with E-state index in [9.17, 15) is 4.79 Å². The Morgan fingerprint density at radius 3 is 2.79 bits per heavy atom. The molecule has 1 atom stereocenters. The Bertz CT molecular complexity index is 812. The monoisotopic (exact) mass is 400 g/mol. The van der Waals surface area contributed by atoms with Crippen LogP contribution in [0.25, 0.3) is 0 Å². The van der Waals surface area contributed by atoms with Crippen molar-refractivity contribution in [3.05, 3.63) is 52.8 Å². The SMILES string of the molecule is CCn1cc(CN2CCC[C@@H](CNC(=O)C3(c4ccc(Cl)cc4)CC3)C2)cn1. The second kappa shape index (κ2) is 8.26. The number of amides is 1. The standard InChI is InChI=1S/C22H29ClN4O/c1-2-27-16-18(13-25-27)15-26-11-3-4-17(14-26)12-24-21(28)22(9-10-22)19-5-7-20(23)8-6-19/h5-8,13,16-17H,2-4,9-12,14-15H2,1H3,(H,24,28)/t17-/m0/s1. The van der Waals surface area contributed by atoms with E-state index in [0.717, 1.165) is 51.1 Å². The highest BCUT2D eigenvalue weighted by Crippen LogP contribution is 2.48. The third-order valence-corrected chi connectivity index (χ3v) is 6.40. The van der Waals surface area contributed by atoms with E-state index < -0.39 is 0 Å². The molecular weight excluding hydrogens is 372 g/mol. The average Bonchev–Trinajstić information content (AvgIpc) is 3.40. The first-order valence-electron chi connectivity index (χ1n) is 10.4. The number of benzene rings is 1. The van der Waals surface area contributed by atoms with Gasteiger partial charge in [0.25, 0.3) is 0 Å². The van der Waals surface area contributed by atoms with Crippen molar-refractivity contribution >= 4 is 17.5 Å². The largest absolute Gasteiger partial charge is 0.355 e. The summed E-state index contributed by atoms with van der Waals surface area (Å²) in [7, 11) is 0. The number of carbonyl (C=O) groups is 1. The fourth-order valence-corrected chi connectivity index (χ4v) is 4.45. The smallest absolute Gasteiger partial charge is 0.230 e. The molecule has 1 aromatic carbocycles. The fraction of sp³-hybridized carbons (Fsp3) is 0.545. The third-order valence-electron chi connectivity index (χ3n) is 6.15. The van der Waals surface area contributed by atoms with Gasteiger partial charge >= 0.3 is 0 Å². The lowest BCUT2D eigenvalue weighted by Crippen LogP contribution is -2.43. The third kappa shape index (κ3) is 4.26. The molecule has 4 rings (SSSR count). The van der Waals surface area contributed by atoms with Gasteiger partial charge in [0.05, 0.1) is 11.6 Å². The number of aryl methyl sites for hydroxylation is 1. The number of nitrogens with one attached hydrogen (secondary N) is 1. The number of piperidine rings is 1. The summed E-state index contributed by atoms with van der Waals surface area (Å²) in [6, 6.07) is 7.75. The maximum Gasteiger partial charge on any atom is 0.230 e. The molecule has 1 saturated heterocycles. The number of hydrogen-bond acceptors (Lipinski definition) is 3. The predicted octanol–water partition coefficient (Wildman–Crippen LogP) is 3.62. The Labute approximate surface area is 172 Å². The minimum absolute atomic E-state index is 0.177. The van der Waals surface area contributed by atoms with E-state index in [1.807, 2.05) is 35.1 Å². The number of hydrogen-bond donors (Lipinski definition) is 1.